The van der Waals surface area contributed by atoms with Gasteiger partial charge >= 0.3 is 0 Å². The Hall–Kier alpha value is -1.51. The van der Waals surface area contributed by atoms with Gasteiger partial charge in [-0.25, -0.2) is 13.1 Å². The van der Waals surface area contributed by atoms with E-state index < -0.39 is 14.9 Å². The number of hydrogen-bond acceptors (Lipinski definition) is 5. The first-order valence-corrected chi connectivity index (χ1v) is 7.41. The maximum atomic E-state index is 12.1. The first-order chi connectivity index (χ1) is 8.90. The zero-order valence-electron chi connectivity index (χ0n) is 10.2. The van der Waals surface area contributed by atoms with Crippen LogP contribution in [0.2, 0.25) is 0 Å². The van der Waals surface area contributed by atoms with Crippen LogP contribution >= 0.6 is 0 Å². The van der Waals surface area contributed by atoms with Crippen LogP contribution < -0.4 is 10.5 Å². The number of nitro benzene ring substituents is 1. The lowest BCUT2D eigenvalue weighted by atomic mass is 10.2. The molecule has 19 heavy (non-hydrogen) atoms. The molecule has 1 aromatic carbocycles. The van der Waals surface area contributed by atoms with Crippen LogP contribution in [0.5, 0.6) is 0 Å². The fourth-order valence-corrected chi connectivity index (χ4v) is 3.47. The Morgan fingerprint density at radius 3 is 2.37 bits per heavy atom. The molecule has 1 aliphatic rings. The minimum absolute atomic E-state index is 0.0113. The minimum atomic E-state index is -3.67. The van der Waals surface area contributed by atoms with Crippen LogP contribution in [0.3, 0.4) is 0 Å². The van der Waals surface area contributed by atoms with Crippen molar-refractivity contribution in [1.29, 1.82) is 0 Å². The van der Waals surface area contributed by atoms with E-state index in [2.05, 4.69) is 4.72 Å². The van der Waals surface area contributed by atoms with Crippen molar-refractivity contribution >= 4 is 15.7 Å². The molecule has 1 saturated carbocycles. The van der Waals surface area contributed by atoms with Gasteiger partial charge in [0.2, 0.25) is 10.0 Å². The van der Waals surface area contributed by atoms with E-state index in [4.69, 9.17) is 5.73 Å². The average molecular weight is 285 g/mol. The number of hydrogen-bond donors (Lipinski definition) is 2. The number of nitrogens with zero attached hydrogens (tertiary/aromatic N) is 1. The van der Waals surface area contributed by atoms with Gasteiger partial charge in [0.1, 0.15) is 0 Å². The Morgan fingerprint density at radius 1 is 1.26 bits per heavy atom. The van der Waals surface area contributed by atoms with Crippen LogP contribution in [-0.2, 0) is 10.0 Å². The molecule has 3 N–H and O–H groups in total. The van der Waals surface area contributed by atoms with Crippen LogP contribution in [0.1, 0.15) is 19.3 Å². The number of nitrogens with two attached hydrogens (primary N) is 1. The largest absolute Gasteiger partial charge is 0.326 e. The summed E-state index contributed by atoms with van der Waals surface area (Å²) in [6.07, 6.45) is 2.41. The highest BCUT2D eigenvalue weighted by Gasteiger charge is 2.28. The second kappa shape index (κ2) is 5.24. The van der Waals surface area contributed by atoms with Gasteiger partial charge in [-0.15, -0.1) is 0 Å². The van der Waals surface area contributed by atoms with Crippen LogP contribution in [-0.4, -0.2) is 25.4 Å². The molecule has 1 fully saturated rings. The monoisotopic (exact) mass is 285 g/mol. The first-order valence-electron chi connectivity index (χ1n) is 5.92. The molecule has 7 nitrogen and oxygen atoms in total. The molecule has 1 aromatic rings. The van der Waals surface area contributed by atoms with Crippen molar-refractivity contribution in [3.8, 4) is 0 Å². The fourth-order valence-electron chi connectivity index (χ4n) is 2.15. The molecule has 8 heteroatoms. The molecular formula is C11H15N3O4S. The molecular weight excluding hydrogens is 270 g/mol. The van der Waals surface area contributed by atoms with Gasteiger partial charge in [0.15, 0.2) is 0 Å². The van der Waals surface area contributed by atoms with Gasteiger partial charge in [-0.3, -0.25) is 10.1 Å². The van der Waals surface area contributed by atoms with Crippen molar-refractivity contribution in [2.45, 2.75) is 36.2 Å². The van der Waals surface area contributed by atoms with E-state index in [9.17, 15) is 18.5 Å². The Morgan fingerprint density at radius 2 is 1.89 bits per heavy atom. The fraction of sp³-hybridized carbons (Fsp3) is 0.455. The summed E-state index contributed by atoms with van der Waals surface area (Å²) in [5.41, 5.74) is 5.67. The minimum Gasteiger partial charge on any atom is -0.326 e. The van der Waals surface area contributed by atoms with E-state index in [-0.39, 0.29) is 22.7 Å². The molecule has 0 saturated heterocycles. The Bertz CT molecular complexity index is 570. The van der Waals surface area contributed by atoms with E-state index in [1.54, 1.807) is 0 Å². The zero-order chi connectivity index (χ0) is 14.0. The van der Waals surface area contributed by atoms with Gasteiger partial charge < -0.3 is 5.73 Å². The van der Waals surface area contributed by atoms with E-state index in [1.165, 1.54) is 24.3 Å². The predicted octanol–water partition coefficient (Wildman–Crippen LogP) is 0.753. The van der Waals surface area contributed by atoms with Crippen LogP contribution in [0.15, 0.2) is 29.2 Å². The molecule has 2 rings (SSSR count). The smallest absolute Gasteiger partial charge is 0.269 e. The lowest BCUT2D eigenvalue weighted by Crippen LogP contribution is -2.43. The predicted molar refractivity (Wildman–Crippen MR) is 69.0 cm³/mol. The maximum absolute atomic E-state index is 12.1. The van der Waals surface area contributed by atoms with Gasteiger partial charge in [0.05, 0.1) is 9.82 Å². The molecule has 0 radical (unpaired) electrons. The summed E-state index contributed by atoms with van der Waals surface area (Å²) >= 11 is 0. The van der Waals surface area contributed by atoms with Gasteiger partial charge in [0, 0.05) is 24.2 Å². The summed E-state index contributed by atoms with van der Waals surface area (Å²) in [5, 5.41) is 10.5. The van der Waals surface area contributed by atoms with Gasteiger partial charge in [-0.05, 0) is 25.0 Å². The normalized spacial score (nSPS) is 23.4. The third-order valence-electron chi connectivity index (χ3n) is 3.23. The standard InChI is InChI=1S/C11H15N3O4S/c12-10-2-1-3-11(10)13-19(17,18)9-6-4-8(5-7-9)14(15)16/h4-7,10-11,13H,1-3,12H2/t10-,11+/m0/s1. The summed E-state index contributed by atoms with van der Waals surface area (Å²) in [4.78, 5) is 9.95. The number of nitro groups is 1. The van der Waals surface area contributed by atoms with E-state index in [1.807, 2.05) is 0 Å². The molecule has 1 aliphatic carbocycles. The van der Waals surface area contributed by atoms with Crippen LogP contribution in [0, 0.1) is 10.1 Å². The zero-order valence-corrected chi connectivity index (χ0v) is 11.0. The molecule has 104 valence electrons. The summed E-state index contributed by atoms with van der Waals surface area (Å²) in [6, 6.07) is 4.35. The molecule has 0 aliphatic heterocycles. The molecule has 0 heterocycles. The number of nitrogens with one attached hydrogen (secondary N) is 1. The SMILES string of the molecule is N[C@H]1CCC[C@H]1NS(=O)(=O)c1ccc([N+](=O)[O-])cc1. The van der Waals surface area contributed by atoms with Crippen molar-refractivity contribution in [3.63, 3.8) is 0 Å². The van der Waals surface area contributed by atoms with Crippen molar-refractivity contribution in [2.24, 2.45) is 5.73 Å². The third kappa shape index (κ3) is 3.09. The van der Waals surface area contributed by atoms with Crippen molar-refractivity contribution in [3.05, 3.63) is 34.4 Å². The molecule has 0 amide bonds. The number of sulfonamides is 1. The Kier molecular flexibility index (Phi) is 3.83. The average Bonchev–Trinajstić information content (AvgIpc) is 2.74. The first kappa shape index (κ1) is 13.9. The summed E-state index contributed by atoms with van der Waals surface area (Å²) < 4.78 is 26.7. The number of benzene rings is 1. The van der Waals surface area contributed by atoms with Gasteiger partial charge in [-0.2, -0.15) is 0 Å². The van der Waals surface area contributed by atoms with Crippen LogP contribution in [0.4, 0.5) is 5.69 Å². The van der Waals surface area contributed by atoms with Crippen molar-refractivity contribution in [2.75, 3.05) is 0 Å². The summed E-state index contributed by atoms with van der Waals surface area (Å²) in [5.74, 6) is 0. The lowest BCUT2D eigenvalue weighted by molar-refractivity contribution is -0.384. The topological polar surface area (TPSA) is 115 Å². The maximum Gasteiger partial charge on any atom is 0.269 e. The Balaban J connectivity index is 2.17. The van der Waals surface area contributed by atoms with Gasteiger partial charge in [0.25, 0.3) is 5.69 Å². The highest BCUT2D eigenvalue weighted by Crippen LogP contribution is 2.21. The van der Waals surface area contributed by atoms with E-state index in [0.717, 1.165) is 12.8 Å². The summed E-state index contributed by atoms with van der Waals surface area (Å²) in [6.45, 7) is 0. The van der Waals surface area contributed by atoms with Crippen LogP contribution in [0.25, 0.3) is 0 Å². The highest BCUT2D eigenvalue weighted by atomic mass is 32.2. The quantitative estimate of drug-likeness (QED) is 0.625. The Labute approximate surface area is 111 Å². The van der Waals surface area contributed by atoms with Crippen molar-refractivity contribution < 1.29 is 13.3 Å². The second-order valence-corrected chi connectivity index (χ2v) is 6.29. The lowest BCUT2D eigenvalue weighted by Gasteiger charge is -2.17. The number of non-ortho nitro benzene ring substituents is 1. The molecule has 2 atom stereocenters. The number of rotatable bonds is 4. The third-order valence-corrected chi connectivity index (χ3v) is 4.74. The molecule has 0 unspecified atom stereocenters. The molecule has 0 aromatic heterocycles. The van der Waals surface area contributed by atoms with E-state index >= 15 is 0 Å². The second-order valence-electron chi connectivity index (χ2n) is 4.57. The highest BCUT2D eigenvalue weighted by molar-refractivity contribution is 7.89. The molecule has 0 bridgehead atoms. The van der Waals surface area contributed by atoms with Gasteiger partial charge in [-0.1, -0.05) is 6.42 Å². The summed E-state index contributed by atoms with van der Waals surface area (Å²) in [7, 11) is -3.67. The molecule has 0 spiro atoms. The van der Waals surface area contributed by atoms with E-state index in [0.29, 0.717) is 6.42 Å². The van der Waals surface area contributed by atoms with Crippen molar-refractivity contribution in [1.82, 2.24) is 4.72 Å².